The van der Waals surface area contributed by atoms with Gasteiger partial charge in [-0.25, -0.2) is 0 Å². The molecule has 3 amide bonds. The fraction of sp³-hybridized carbons (Fsp3) is 0.550. The maximum Gasteiger partial charge on any atom is 0.231 e. The number of anilines is 2. The Morgan fingerprint density at radius 1 is 1.22 bits per heavy atom. The Bertz CT molecular complexity index is 690. The van der Waals surface area contributed by atoms with Crippen molar-refractivity contribution in [3.63, 3.8) is 0 Å². The molecule has 0 aromatic heterocycles. The van der Waals surface area contributed by atoms with Crippen LogP contribution in [0.15, 0.2) is 18.2 Å². The van der Waals surface area contributed by atoms with E-state index in [1.165, 1.54) is 0 Å². The minimum Gasteiger partial charge on any atom is -0.369 e. The van der Waals surface area contributed by atoms with Crippen molar-refractivity contribution in [1.82, 2.24) is 4.90 Å². The van der Waals surface area contributed by atoms with E-state index >= 15 is 0 Å². The minimum atomic E-state index is -0.383. The highest BCUT2D eigenvalue weighted by atomic mass is 16.2. The molecule has 0 radical (unpaired) electrons. The second-order valence-corrected chi connectivity index (χ2v) is 7.23. The van der Waals surface area contributed by atoms with E-state index in [2.05, 4.69) is 10.6 Å². The number of hydrogen-bond acceptors (Lipinski definition) is 4. The maximum absolute atomic E-state index is 12.8. The van der Waals surface area contributed by atoms with Crippen LogP contribution in [0.4, 0.5) is 11.4 Å². The van der Waals surface area contributed by atoms with Crippen molar-refractivity contribution in [1.29, 1.82) is 0 Å². The highest BCUT2D eigenvalue weighted by Crippen LogP contribution is 2.26. The van der Waals surface area contributed by atoms with Gasteiger partial charge in [0.1, 0.15) is 0 Å². The number of nitrogens with two attached hydrogens (primary N) is 1. The average Bonchev–Trinajstić information content (AvgIpc) is 2.62. The molecule has 148 valence electrons. The summed E-state index contributed by atoms with van der Waals surface area (Å²) in [6.07, 6.45) is 3.86. The minimum absolute atomic E-state index is 0.0542. The summed E-state index contributed by atoms with van der Waals surface area (Å²) in [5.74, 6) is -0.741. The van der Waals surface area contributed by atoms with Gasteiger partial charge < -0.3 is 16.4 Å². The Hall–Kier alpha value is -2.41. The van der Waals surface area contributed by atoms with E-state index in [9.17, 15) is 14.4 Å². The third-order valence-corrected chi connectivity index (χ3v) is 4.72. The number of hydrogen-bond donors (Lipinski definition) is 3. The van der Waals surface area contributed by atoms with E-state index in [1.54, 1.807) is 0 Å². The van der Waals surface area contributed by atoms with Gasteiger partial charge in [-0.05, 0) is 50.4 Å². The highest BCUT2D eigenvalue weighted by Gasteiger charge is 2.27. The van der Waals surface area contributed by atoms with Gasteiger partial charge in [0, 0.05) is 13.0 Å². The topological polar surface area (TPSA) is 105 Å². The van der Waals surface area contributed by atoms with Crippen LogP contribution in [0.2, 0.25) is 0 Å². The van der Waals surface area contributed by atoms with E-state index in [0.29, 0.717) is 24.3 Å². The van der Waals surface area contributed by atoms with E-state index in [1.807, 2.05) is 36.9 Å². The molecule has 2 rings (SSSR count). The van der Waals surface area contributed by atoms with Crippen LogP contribution in [0.5, 0.6) is 0 Å². The fourth-order valence-corrected chi connectivity index (χ4v) is 3.29. The molecule has 1 aliphatic rings. The number of unbranched alkanes of at least 4 members (excludes halogenated alkanes) is 1. The Labute approximate surface area is 160 Å². The molecule has 1 aliphatic heterocycles. The number of nitrogens with one attached hydrogen (secondary N) is 2. The molecule has 4 N–H and O–H groups in total. The number of rotatable bonds is 8. The normalized spacial score (nSPS) is 17.3. The second kappa shape index (κ2) is 10.1. The van der Waals surface area contributed by atoms with Crippen molar-refractivity contribution in [2.75, 3.05) is 30.3 Å². The third kappa shape index (κ3) is 6.67. The summed E-state index contributed by atoms with van der Waals surface area (Å²) in [5.41, 5.74) is 7.48. The van der Waals surface area contributed by atoms with E-state index in [0.717, 1.165) is 37.8 Å². The number of carbonyl (C=O) groups excluding carboxylic acids is 3. The molecule has 1 aromatic rings. The van der Waals surface area contributed by atoms with Crippen LogP contribution >= 0.6 is 0 Å². The van der Waals surface area contributed by atoms with Gasteiger partial charge in [-0.15, -0.1) is 0 Å². The van der Waals surface area contributed by atoms with Crippen LogP contribution in [-0.4, -0.2) is 42.3 Å². The summed E-state index contributed by atoms with van der Waals surface area (Å²) in [4.78, 5) is 37.9. The standard InChI is InChI=1S/C20H30N4O3/c1-3-4-7-19(26)22-16-9-8-14(2)11-17(16)23-20(27)15-6-5-10-24(12-15)13-18(21)25/h8-9,11,15H,3-7,10,12-13H2,1-2H3,(H2,21,25)(H,22,26)(H,23,27)/t15-/m0/s1. The molecule has 0 saturated carbocycles. The molecular weight excluding hydrogens is 344 g/mol. The smallest absolute Gasteiger partial charge is 0.231 e. The summed E-state index contributed by atoms with van der Waals surface area (Å²) >= 11 is 0. The van der Waals surface area contributed by atoms with Gasteiger partial charge in [0.2, 0.25) is 17.7 Å². The summed E-state index contributed by atoms with van der Waals surface area (Å²) in [6, 6.07) is 5.58. The highest BCUT2D eigenvalue weighted by molar-refractivity contribution is 6.00. The fourth-order valence-electron chi connectivity index (χ4n) is 3.29. The SMILES string of the molecule is CCCCC(=O)Nc1ccc(C)cc1NC(=O)[C@H]1CCCN(CC(N)=O)C1. The Morgan fingerprint density at radius 2 is 2.00 bits per heavy atom. The molecule has 1 atom stereocenters. The number of piperidine rings is 1. The monoisotopic (exact) mass is 374 g/mol. The molecule has 7 heteroatoms. The predicted molar refractivity (Wildman–Crippen MR) is 106 cm³/mol. The first kappa shape index (κ1) is 20.9. The van der Waals surface area contributed by atoms with Crippen LogP contribution in [0.1, 0.15) is 44.6 Å². The quantitative estimate of drug-likeness (QED) is 0.649. The number of amides is 3. The largest absolute Gasteiger partial charge is 0.369 e. The average molecular weight is 374 g/mol. The third-order valence-electron chi connectivity index (χ3n) is 4.72. The van der Waals surface area contributed by atoms with Gasteiger partial charge >= 0.3 is 0 Å². The number of primary amides is 1. The zero-order valence-electron chi connectivity index (χ0n) is 16.2. The molecule has 0 unspecified atom stereocenters. The Balaban J connectivity index is 2.04. The molecule has 1 aromatic carbocycles. The van der Waals surface area contributed by atoms with Crippen LogP contribution < -0.4 is 16.4 Å². The van der Waals surface area contributed by atoms with Gasteiger partial charge in [-0.3, -0.25) is 19.3 Å². The number of nitrogens with zero attached hydrogens (tertiary/aromatic N) is 1. The first-order valence-electron chi connectivity index (χ1n) is 9.61. The molecule has 0 aliphatic carbocycles. The van der Waals surface area contributed by atoms with Crippen molar-refractivity contribution >= 4 is 29.1 Å². The molecule has 27 heavy (non-hydrogen) atoms. The Morgan fingerprint density at radius 3 is 2.70 bits per heavy atom. The summed E-state index contributed by atoms with van der Waals surface area (Å²) in [7, 11) is 0. The van der Waals surface area contributed by atoms with Gasteiger partial charge in [0.25, 0.3) is 0 Å². The molecule has 1 saturated heterocycles. The van der Waals surface area contributed by atoms with Crippen molar-refractivity contribution in [2.24, 2.45) is 11.7 Å². The number of benzene rings is 1. The Kier molecular flexibility index (Phi) is 7.79. The number of likely N-dealkylation sites (tertiary alicyclic amines) is 1. The first-order chi connectivity index (χ1) is 12.9. The van der Waals surface area contributed by atoms with Crippen molar-refractivity contribution in [3.8, 4) is 0 Å². The van der Waals surface area contributed by atoms with E-state index in [-0.39, 0.29) is 30.2 Å². The molecule has 7 nitrogen and oxygen atoms in total. The van der Waals surface area contributed by atoms with Crippen molar-refractivity contribution in [2.45, 2.75) is 46.0 Å². The zero-order valence-corrected chi connectivity index (χ0v) is 16.2. The number of carbonyl (C=O) groups is 3. The molecule has 0 bridgehead atoms. The first-order valence-corrected chi connectivity index (χ1v) is 9.61. The summed E-state index contributed by atoms with van der Waals surface area (Å²) in [6.45, 7) is 5.44. The lowest BCUT2D eigenvalue weighted by Gasteiger charge is -2.31. The lowest BCUT2D eigenvalue weighted by Crippen LogP contribution is -2.44. The van der Waals surface area contributed by atoms with Gasteiger partial charge in [0.05, 0.1) is 23.8 Å². The lowest BCUT2D eigenvalue weighted by molar-refractivity contribution is -0.124. The van der Waals surface area contributed by atoms with E-state index in [4.69, 9.17) is 5.73 Å². The van der Waals surface area contributed by atoms with Gasteiger partial charge in [0.15, 0.2) is 0 Å². The lowest BCUT2D eigenvalue weighted by atomic mass is 9.97. The molecule has 1 heterocycles. The van der Waals surface area contributed by atoms with Crippen molar-refractivity contribution in [3.05, 3.63) is 23.8 Å². The van der Waals surface area contributed by atoms with Crippen molar-refractivity contribution < 1.29 is 14.4 Å². The molecular formula is C20H30N4O3. The zero-order chi connectivity index (χ0) is 19.8. The van der Waals surface area contributed by atoms with Gasteiger partial charge in [-0.1, -0.05) is 19.4 Å². The summed E-state index contributed by atoms with van der Waals surface area (Å²) in [5, 5.41) is 5.85. The van der Waals surface area contributed by atoms with Crippen LogP contribution in [0, 0.1) is 12.8 Å². The maximum atomic E-state index is 12.8. The molecule has 0 spiro atoms. The second-order valence-electron chi connectivity index (χ2n) is 7.23. The predicted octanol–water partition coefficient (Wildman–Crippen LogP) is 2.26. The van der Waals surface area contributed by atoms with E-state index < -0.39 is 0 Å². The molecule has 1 fully saturated rings. The number of aryl methyl sites for hydroxylation is 1. The van der Waals surface area contributed by atoms with Crippen LogP contribution in [-0.2, 0) is 14.4 Å². The van der Waals surface area contributed by atoms with Crippen LogP contribution in [0.25, 0.3) is 0 Å². The van der Waals surface area contributed by atoms with Crippen LogP contribution in [0.3, 0.4) is 0 Å². The summed E-state index contributed by atoms with van der Waals surface area (Å²) < 4.78 is 0. The van der Waals surface area contributed by atoms with Gasteiger partial charge in [-0.2, -0.15) is 0 Å².